The van der Waals surface area contributed by atoms with E-state index in [0.29, 0.717) is 17.7 Å². The van der Waals surface area contributed by atoms with E-state index in [1.807, 2.05) is 74.1 Å². The number of hydrogen-bond acceptors (Lipinski definition) is 4. The molecule has 0 fully saturated rings. The molecule has 2 aromatic carbocycles. The Balaban J connectivity index is 1.62. The fraction of sp³-hybridized carbons (Fsp3) is 0.240. The highest BCUT2D eigenvalue weighted by atomic mass is 32.2. The molecule has 0 atom stereocenters. The zero-order valence-electron chi connectivity index (χ0n) is 17.5. The molecule has 156 valence electrons. The molecule has 0 saturated carbocycles. The van der Waals surface area contributed by atoms with Crippen molar-refractivity contribution in [1.82, 2.24) is 4.57 Å². The minimum atomic E-state index is -0.220. The van der Waals surface area contributed by atoms with E-state index in [1.165, 1.54) is 0 Å². The number of ketones is 1. The summed E-state index contributed by atoms with van der Waals surface area (Å²) in [7, 11) is 0. The van der Waals surface area contributed by atoms with Crippen LogP contribution in [-0.4, -0.2) is 27.0 Å². The molecule has 0 bridgehead atoms. The third-order valence-electron chi connectivity index (χ3n) is 4.62. The first-order valence-corrected chi connectivity index (χ1v) is 10.7. The van der Waals surface area contributed by atoms with Gasteiger partial charge in [0.15, 0.2) is 5.78 Å². The van der Waals surface area contributed by atoms with Crippen LogP contribution in [0.1, 0.15) is 40.9 Å². The average molecular weight is 422 g/mol. The predicted molar refractivity (Wildman–Crippen MR) is 123 cm³/mol. The van der Waals surface area contributed by atoms with Crippen molar-refractivity contribution in [2.75, 3.05) is 6.61 Å². The zero-order chi connectivity index (χ0) is 21.6. The van der Waals surface area contributed by atoms with Gasteiger partial charge in [0.1, 0.15) is 0 Å². The lowest BCUT2D eigenvalue weighted by Crippen LogP contribution is -2.21. The molecular formula is C25H27NO3S. The van der Waals surface area contributed by atoms with E-state index < -0.39 is 0 Å². The largest absolute Gasteiger partial charge is 0.350 e. The average Bonchev–Trinajstić information content (AvgIpc) is 3.17. The van der Waals surface area contributed by atoms with Crippen LogP contribution in [-0.2, 0) is 11.4 Å². The maximum absolute atomic E-state index is 12.6. The second-order valence-corrected chi connectivity index (χ2v) is 9.68. The van der Waals surface area contributed by atoms with Crippen LogP contribution in [0, 0.1) is 6.92 Å². The van der Waals surface area contributed by atoms with Crippen molar-refractivity contribution >= 4 is 23.6 Å². The fourth-order valence-electron chi connectivity index (χ4n) is 3.06. The Bertz CT molecular complexity index is 1020. The number of allylic oxidation sites excluding steroid dienone is 1. The molecule has 1 N–H and O–H groups in total. The number of aromatic nitrogens is 1. The summed E-state index contributed by atoms with van der Waals surface area (Å²) in [6.07, 6.45) is 7.96. The van der Waals surface area contributed by atoms with E-state index in [0.717, 1.165) is 16.0 Å². The Morgan fingerprint density at radius 1 is 1.13 bits per heavy atom. The van der Waals surface area contributed by atoms with E-state index >= 15 is 0 Å². The van der Waals surface area contributed by atoms with E-state index in [1.54, 1.807) is 11.8 Å². The third kappa shape index (κ3) is 6.20. The van der Waals surface area contributed by atoms with Crippen LogP contribution in [0.4, 0.5) is 0 Å². The summed E-state index contributed by atoms with van der Waals surface area (Å²) in [6.45, 7) is 7.00. The molecule has 0 radical (unpaired) electrons. The molecule has 30 heavy (non-hydrogen) atoms. The summed E-state index contributed by atoms with van der Waals surface area (Å²) < 4.78 is 1.78. The smallest absolute Gasteiger partial charge is 0.194 e. The van der Waals surface area contributed by atoms with Gasteiger partial charge in [-0.05, 0) is 44.5 Å². The van der Waals surface area contributed by atoms with Crippen molar-refractivity contribution in [3.05, 3.63) is 95.3 Å². The predicted octanol–water partition coefficient (Wildman–Crippen LogP) is 6.10. The molecule has 0 saturated heterocycles. The van der Waals surface area contributed by atoms with Gasteiger partial charge >= 0.3 is 0 Å². The Kier molecular flexibility index (Phi) is 7.32. The molecule has 3 aromatic rings. The van der Waals surface area contributed by atoms with Crippen LogP contribution >= 0.6 is 11.8 Å². The third-order valence-corrected chi connectivity index (χ3v) is 5.78. The second kappa shape index (κ2) is 9.94. The van der Waals surface area contributed by atoms with Crippen molar-refractivity contribution in [2.45, 2.75) is 37.0 Å². The van der Waals surface area contributed by atoms with Crippen LogP contribution < -0.4 is 0 Å². The monoisotopic (exact) mass is 421 g/mol. The number of carbonyl (C=O) groups is 1. The number of thioether (sulfide) groups is 1. The standard InChI is InChI=1S/C25H27NO3S/c1-19-9-11-21(12-10-19)24(27)22-13-15-26(17-22)14-5-7-20-6-4-8-23(16-20)30-25(2,3)18-29-28/h4-13,15-17,28H,14,18H2,1-3H3/b7-5+. The normalized spacial score (nSPS) is 11.9. The number of aryl methyl sites for hydroxylation is 1. The summed E-state index contributed by atoms with van der Waals surface area (Å²) in [6, 6.07) is 17.7. The Labute approximate surface area is 182 Å². The van der Waals surface area contributed by atoms with Crippen molar-refractivity contribution in [3.63, 3.8) is 0 Å². The van der Waals surface area contributed by atoms with Gasteiger partial charge in [-0.25, -0.2) is 4.89 Å². The minimum absolute atomic E-state index is 0.0388. The highest BCUT2D eigenvalue weighted by Crippen LogP contribution is 2.33. The lowest BCUT2D eigenvalue weighted by atomic mass is 10.0. The van der Waals surface area contributed by atoms with Crippen LogP contribution in [0.5, 0.6) is 0 Å². The Hall–Kier alpha value is -2.60. The molecule has 0 aliphatic heterocycles. The van der Waals surface area contributed by atoms with Crippen molar-refractivity contribution < 1.29 is 14.9 Å². The van der Waals surface area contributed by atoms with Crippen LogP contribution in [0.25, 0.3) is 6.08 Å². The molecule has 0 aliphatic rings. The number of hydrogen-bond donors (Lipinski definition) is 1. The minimum Gasteiger partial charge on any atom is -0.350 e. The van der Waals surface area contributed by atoms with Gasteiger partial charge < -0.3 is 4.57 Å². The first-order chi connectivity index (χ1) is 14.4. The maximum atomic E-state index is 12.6. The van der Waals surface area contributed by atoms with E-state index in [9.17, 15) is 4.79 Å². The first-order valence-electron chi connectivity index (χ1n) is 9.85. The molecule has 0 aliphatic carbocycles. The lowest BCUT2D eigenvalue weighted by Gasteiger charge is -2.21. The molecule has 1 aromatic heterocycles. The number of rotatable bonds is 9. The van der Waals surface area contributed by atoms with Gasteiger partial charge in [-0.1, -0.05) is 54.1 Å². The van der Waals surface area contributed by atoms with Gasteiger partial charge in [-0.3, -0.25) is 10.1 Å². The topological polar surface area (TPSA) is 51.5 Å². The number of nitrogens with zero attached hydrogens (tertiary/aromatic N) is 1. The van der Waals surface area contributed by atoms with E-state index in [-0.39, 0.29) is 17.1 Å². The first kappa shape index (κ1) is 22.1. The second-order valence-electron chi connectivity index (χ2n) is 7.90. The van der Waals surface area contributed by atoms with Crippen molar-refractivity contribution in [1.29, 1.82) is 0 Å². The van der Waals surface area contributed by atoms with Crippen LogP contribution in [0.3, 0.4) is 0 Å². The van der Waals surface area contributed by atoms with Crippen molar-refractivity contribution in [3.8, 4) is 0 Å². The molecule has 5 heteroatoms. The quantitative estimate of drug-likeness (QED) is 0.196. The van der Waals surface area contributed by atoms with E-state index in [4.69, 9.17) is 5.26 Å². The van der Waals surface area contributed by atoms with Crippen LogP contribution in [0.2, 0.25) is 0 Å². The molecule has 0 unspecified atom stereocenters. The highest BCUT2D eigenvalue weighted by Gasteiger charge is 2.20. The van der Waals surface area contributed by atoms with Gasteiger partial charge in [-0.2, -0.15) is 0 Å². The summed E-state index contributed by atoms with van der Waals surface area (Å²) in [5, 5.41) is 8.72. The maximum Gasteiger partial charge on any atom is 0.194 e. The summed E-state index contributed by atoms with van der Waals surface area (Å²) in [5.41, 5.74) is 3.64. The molecule has 3 rings (SSSR count). The molecule has 1 heterocycles. The Morgan fingerprint density at radius 3 is 2.63 bits per heavy atom. The molecule has 0 amide bonds. The van der Waals surface area contributed by atoms with Gasteiger partial charge in [0, 0.05) is 39.7 Å². The van der Waals surface area contributed by atoms with Crippen molar-refractivity contribution in [2.24, 2.45) is 0 Å². The summed E-state index contributed by atoms with van der Waals surface area (Å²) in [4.78, 5) is 18.0. The fourth-order valence-corrected chi connectivity index (χ4v) is 4.15. The SMILES string of the molecule is Cc1ccc(C(=O)c2ccn(C/C=C/c3cccc(SC(C)(C)COO)c3)c2)cc1. The van der Waals surface area contributed by atoms with Gasteiger partial charge in [0.25, 0.3) is 0 Å². The lowest BCUT2D eigenvalue weighted by molar-refractivity contribution is -0.245. The number of benzene rings is 2. The Morgan fingerprint density at radius 2 is 1.90 bits per heavy atom. The summed E-state index contributed by atoms with van der Waals surface area (Å²) in [5.74, 6) is 0.0388. The highest BCUT2D eigenvalue weighted by molar-refractivity contribution is 8.00. The van der Waals surface area contributed by atoms with Gasteiger partial charge in [0.05, 0.1) is 6.61 Å². The van der Waals surface area contributed by atoms with Gasteiger partial charge in [-0.15, -0.1) is 11.8 Å². The molecule has 4 nitrogen and oxygen atoms in total. The molecule has 0 spiro atoms. The molecular weight excluding hydrogens is 394 g/mol. The zero-order valence-corrected chi connectivity index (χ0v) is 18.4. The number of carbonyl (C=O) groups excluding carboxylic acids is 1. The van der Waals surface area contributed by atoms with E-state index in [2.05, 4.69) is 35.2 Å². The van der Waals surface area contributed by atoms with Crippen LogP contribution in [0.15, 0.2) is 78.0 Å². The summed E-state index contributed by atoms with van der Waals surface area (Å²) >= 11 is 1.66. The van der Waals surface area contributed by atoms with Gasteiger partial charge in [0.2, 0.25) is 0 Å².